The summed E-state index contributed by atoms with van der Waals surface area (Å²) in [6.07, 6.45) is 0.933. The molecule has 0 fully saturated rings. The van der Waals surface area contributed by atoms with Crippen molar-refractivity contribution in [3.8, 4) is 10.8 Å². The Morgan fingerprint density at radius 3 is 2.64 bits per heavy atom. The number of hydrogen-bond donors (Lipinski definition) is 1. The van der Waals surface area contributed by atoms with E-state index in [0.717, 1.165) is 23.5 Å². The van der Waals surface area contributed by atoms with Crippen molar-refractivity contribution in [3.05, 3.63) is 53.2 Å². The summed E-state index contributed by atoms with van der Waals surface area (Å²) in [5.74, 6) is 1.46. The second-order valence-corrected chi connectivity index (χ2v) is 7.96. The third-order valence-electron chi connectivity index (χ3n) is 4.33. The van der Waals surface area contributed by atoms with E-state index in [-0.39, 0.29) is 12.5 Å². The first kappa shape index (κ1) is 20.2. The van der Waals surface area contributed by atoms with Crippen LogP contribution in [0.1, 0.15) is 44.6 Å². The zero-order valence-corrected chi connectivity index (χ0v) is 17.3. The van der Waals surface area contributed by atoms with Crippen LogP contribution >= 0.6 is 11.3 Å². The van der Waals surface area contributed by atoms with Gasteiger partial charge in [0.2, 0.25) is 11.8 Å². The zero-order chi connectivity index (χ0) is 19.9. The SMILES string of the molecule is CCCN(CC(=O)Nc1ccc(C(C)C)cc1)Cc1nnc(-c2cccs2)o1. The van der Waals surface area contributed by atoms with Crippen molar-refractivity contribution >= 4 is 22.9 Å². The highest BCUT2D eigenvalue weighted by molar-refractivity contribution is 7.13. The second-order valence-electron chi connectivity index (χ2n) is 7.01. The third-order valence-corrected chi connectivity index (χ3v) is 5.18. The molecule has 0 aliphatic heterocycles. The molecule has 0 saturated carbocycles. The van der Waals surface area contributed by atoms with Gasteiger partial charge in [-0.3, -0.25) is 9.69 Å². The monoisotopic (exact) mass is 398 g/mol. The van der Waals surface area contributed by atoms with Gasteiger partial charge in [0.25, 0.3) is 5.89 Å². The van der Waals surface area contributed by atoms with Gasteiger partial charge < -0.3 is 9.73 Å². The number of hydrogen-bond acceptors (Lipinski definition) is 6. The van der Waals surface area contributed by atoms with Gasteiger partial charge in [-0.25, -0.2) is 0 Å². The Morgan fingerprint density at radius 1 is 1.21 bits per heavy atom. The fourth-order valence-corrected chi connectivity index (χ4v) is 3.54. The summed E-state index contributed by atoms with van der Waals surface area (Å²) in [5.41, 5.74) is 2.06. The largest absolute Gasteiger partial charge is 0.419 e. The lowest BCUT2D eigenvalue weighted by molar-refractivity contribution is -0.117. The van der Waals surface area contributed by atoms with E-state index in [9.17, 15) is 4.79 Å². The lowest BCUT2D eigenvalue weighted by Crippen LogP contribution is -2.33. The average Bonchev–Trinajstić information content (AvgIpc) is 3.33. The Morgan fingerprint density at radius 2 is 2.00 bits per heavy atom. The number of carbonyl (C=O) groups is 1. The molecule has 6 nitrogen and oxygen atoms in total. The number of nitrogens with one attached hydrogen (secondary N) is 1. The number of benzene rings is 1. The van der Waals surface area contributed by atoms with Gasteiger partial charge in [-0.2, -0.15) is 0 Å². The molecule has 148 valence electrons. The number of amides is 1. The molecule has 1 aromatic carbocycles. The van der Waals surface area contributed by atoms with E-state index >= 15 is 0 Å². The van der Waals surface area contributed by atoms with Crippen molar-refractivity contribution in [1.82, 2.24) is 15.1 Å². The highest BCUT2D eigenvalue weighted by Crippen LogP contribution is 2.23. The number of aromatic nitrogens is 2. The summed E-state index contributed by atoms with van der Waals surface area (Å²) in [6, 6.07) is 11.9. The fourth-order valence-electron chi connectivity index (χ4n) is 2.89. The number of nitrogens with zero attached hydrogens (tertiary/aromatic N) is 3. The molecule has 0 spiro atoms. The van der Waals surface area contributed by atoms with Crippen LogP contribution < -0.4 is 5.32 Å². The van der Waals surface area contributed by atoms with Crippen molar-refractivity contribution in [2.24, 2.45) is 0 Å². The first-order valence-electron chi connectivity index (χ1n) is 9.53. The number of carbonyl (C=O) groups excluding carboxylic acids is 1. The van der Waals surface area contributed by atoms with Crippen LogP contribution in [0.3, 0.4) is 0 Å². The molecular weight excluding hydrogens is 372 g/mol. The molecule has 1 amide bonds. The summed E-state index contributed by atoms with van der Waals surface area (Å²) in [5, 5.41) is 13.2. The van der Waals surface area contributed by atoms with Crippen LogP contribution in [-0.4, -0.2) is 34.1 Å². The summed E-state index contributed by atoms with van der Waals surface area (Å²) >= 11 is 1.56. The number of anilines is 1. The average molecular weight is 399 g/mol. The lowest BCUT2D eigenvalue weighted by atomic mass is 10.0. The van der Waals surface area contributed by atoms with Gasteiger partial charge in [-0.1, -0.05) is 39.0 Å². The molecule has 0 bridgehead atoms. The van der Waals surface area contributed by atoms with E-state index in [1.165, 1.54) is 5.56 Å². The molecule has 0 unspecified atom stereocenters. The molecule has 0 aliphatic rings. The van der Waals surface area contributed by atoms with Crippen molar-refractivity contribution in [1.29, 1.82) is 0 Å². The van der Waals surface area contributed by atoms with Gasteiger partial charge in [0.05, 0.1) is 18.0 Å². The molecule has 7 heteroatoms. The maximum atomic E-state index is 12.5. The van der Waals surface area contributed by atoms with E-state index in [4.69, 9.17) is 4.42 Å². The van der Waals surface area contributed by atoms with Gasteiger partial charge in [0.1, 0.15) is 0 Å². The van der Waals surface area contributed by atoms with E-state index in [0.29, 0.717) is 24.2 Å². The summed E-state index contributed by atoms with van der Waals surface area (Å²) < 4.78 is 5.76. The first-order chi connectivity index (χ1) is 13.5. The summed E-state index contributed by atoms with van der Waals surface area (Å²) in [4.78, 5) is 15.4. The van der Waals surface area contributed by atoms with Crippen LogP contribution in [0.5, 0.6) is 0 Å². The third kappa shape index (κ3) is 5.50. The van der Waals surface area contributed by atoms with E-state index in [1.54, 1.807) is 11.3 Å². The quantitative estimate of drug-likeness (QED) is 0.562. The number of rotatable bonds is 9. The topological polar surface area (TPSA) is 71.3 Å². The van der Waals surface area contributed by atoms with Crippen LogP contribution in [0.4, 0.5) is 5.69 Å². The van der Waals surface area contributed by atoms with Crippen LogP contribution in [0.25, 0.3) is 10.8 Å². The Hall–Kier alpha value is -2.51. The molecule has 28 heavy (non-hydrogen) atoms. The highest BCUT2D eigenvalue weighted by Gasteiger charge is 2.16. The normalized spacial score (nSPS) is 11.3. The van der Waals surface area contributed by atoms with E-state index in [2.05, 4.69) is 48.4 Å². The molecule has 0 atom stereocenters. The van der Waals surface area contributed by atoms with Crippen molar-refractivity contribution in [3.63, 3.8) is 0 Å². The predicted octanol–water partition coefficient (Wildman–Crippen LogP) is 4.77. The van der Waals surface area contributed by atoms with Crippen molar-refractivity contribution in [2.45, 2.75) is 39.7 Å². The maximum Gasteiger partial charge on any atom is 0.257 e. The molecule has 1 N–H and O–H groups in total. The Bertz CT molecular complexity index is 872. The Labute approximate surface area is 169 Å². The van der Waals surface area contributed by atoms with Crippen LogP contribution in [0, 0.1) is 0 Å². The van der Waals surface area contributed by atoms with Crippen LogP contribution in [-0.2, 0) is 11.3 Å². The fraction of sp³-hybridized carbons (Fsp3) is 0.381. The van der Waals surface area contributed by atoms with E-state index < -0.39 is 0 Å². The summed E-state index contributed by atoms with van der Waals surface area (Å²) in [6.45, 7) is 7.88. The minimum Gasteiger partial charge on any atom is -0.419 e. The molecule has 3 rings (SSSR count). The number of thiophene rings is 1. The summed E-state index contributed by atoms with van der Waals surface area (Å²) in [7, 11) is 0. The zero-order valence-electron chi connectivity index (χ0n) is 16.5. The molecule has 0 radical (unpaired) electrons. The minimum atomic E-state index is -0.0521. The van der Waals surface area contributed by atoms with E-state index in [1.807, 2.05) is 34.5 Å². The molecule has 0 aliphatic carbocycles. The van der Waals surface area contributed by atoms with Gasteiger partial charge in [0, 0.05) is 5.69 Å². The first-order valence-corrected chi connectivity index (χ1v) is 10.4. The second kappa shape index (κ2) is 9.61. The van der Waals surface area contributed by atoms with Gasteiger partial charge in [0.15, 0.2) is 0 Å². The van der Waals surface area contributed by atoms with Gasteiger partial charge in [-0.05, 0) is 48.0 Å². The van der Waals surface area contributed by atoms with Crippen LogP contribution in [0.2, 0.25) is 0 Å². The van der Waals surface area contributed by atoms with Gasteiger partial charge in [-0.15, -0.1) is 21.5 Å². The smallest absolute Gasteiger partial charge is 0.257 e. The Balaban J connectivity index is 1.58. The Kier molecular flexibility index (Phi) is 6.95. The van der Waals surface area contributed by atoms with Crippen LogP contribution in [0.15, 0.2) is 46.2 Å². The molecule has 3 aromatic rings. The molecular formula is C21H26N4O2S. The standard InChI is InChI=1S/C21H26N4O2S/c1-4-11-25(14-20-23-24-21(27-20)18-6-5-12-28-18)13-19(26)22-17-9-7-16(8-10-17)15(2)3/h5-10,12,15H,4,11,13-14H2,1-3H3,(H,22,26). The maximum absolute atomic E-state index is 12.5. The van der Waals surface area contributed by atoms with Crippen molar-refractivity contribution < 1.29 is 9.21 Å². The van der Waals surface area contributed by atoms with Gasteiger partial charge >= 0.3 is 0 Å². The lowest BCUT2D eigenvalue weighted by Gasteiger charge is -2.19. The molecule has 2 aromatic heterocycles. The molecule has 0 saturated heterocycles. The minimum absolute atomic E-state index is 0.0521. The molecule has 2 heterocycles. The highest BCUT2D eigenvalue weighted by atomic mass is 32.1. The predicted molar refractivity (Wildman–Crippen MR) is 112 cm³/mol. The van der Waals surface area contributed by atoms with Crippen molar-refractivity contribution in [2.75, 3.05) is 18.4 Å².